The lowest BCUT2D eigenvalue weighted by atomic mass is 9.70. The summed E-state index contributed by atoms with van der Waals surface area (Å²) in [5.74, 6) is 0. The van der Waals surface area contributed by atoms with Crippen LogP contribution in [0.25, 0.3) is 33.4 Å². The van der Waals surface area contributed by atoms with Crippen LogP contribution in [0.2, 0.25) is 0 Å². The molecule has 9 aromatic carbocycles. The van der Waals surface area contributed by atoms with Crippen LogP contribution in [0.5, 0.6) is 0 Å². The van der Waals surface area contributed by atoms with Gasteiger partial charge in [0.1, 0.15) is 0 Å². The van der Waals surface area contributed by atoms with Gasteiger partial charge in [-0.05, 0) is 114 Å². The Morgan fingerprint density at radius 1 is 0.319 bits per heavy atom. The Labute approximate surface area is 413 Å². The molecule has 0 saturated carbocycles. The van der Waals surface area contributed by atoms with E-state index < -0.39 is 8.07 Å². The fourth-order valence-corrected chi connectivity index (χ4v) is 16.4. The zero-order valence-corrected chi connectivity index (χ0v) is 41.5. The predicted molar refractivity (Wildman–Crippen MR) is 299 cm³/mol. The third kappa shape index (κ3) is 9.07. The van der Waals surface area contributed by atoms with Gasteiger partial charge in [0, 0.05) is 22.5 Å². The summed E-state index contributed by atoms with van der Waals surface area (Å²) >= 11 is 0. The smallest absolute Gasteiger partial charge is 0.179 e. The van der Waals surface area contributed by atoms with Crippen molar-refractivity contribution in [3.05, 3.63) is 248 Å². The zero-order chi connectivity index (χ0) is 46.9. The molecule has 0 saturated heterocycles. The molecule has 0 N–H and O–H groups in total. The molecule has 1 aliphatic carbocycles. The Bertz CT molecular complexity index is 2930. The standard InChI is InChI=1S/C67H65NSi/c1-3-5-7-23-49-67(50-24-8-6-4-2)65-34-22-21-33-63(65)64-48-45-58(51-66(64)67)68(56-41-35-53(36-42-56)52-25-13-9-14-26-52)57-43-37-54(38-44-57)55-39-46-62(47-40-55)69(59-27-15-10-16-28-59,60-29-17-11-18-30-60)61-31-19-12-20-32-61/h9-22,25-48,51H,3-8,23-24,49-50H2,1-2H3. The molecular formula is C67H65NSi. The van der Waals surface area contributed by atoms with Crippen LogP contribution >= 0.6 is 0 Å². The van der Waals surface area contributed by atoms with E-state index >= 15 is 0 Å². The van der Waals surface area contributed by atoms with Crippen molar-refractivity contribution in [2.45, 2.75) is 83.5 Å². The first kappa shape index (κ1) is 45.8. The van der Waals surface area contributed by atoms with E-state index in [1.54, 1.807) is 0 Å². The molecule has 0 aromatic heterocycles. The summed E-state index contributed by atoms with van der Waals surface area (Å²) in [5.41, 5.74) is 14.3. The number of benzene rings is 9. The quantitative estimate of drug-likeness (QED) is 0.0444. The lowest BCUT2D eigenvalue weighted by Crippen LogP contribution is -2.74. The highest BCUT2D eigenvalue weighted by Crippen LogP contribution is 2.55. The van der Waals surface area contributed by atoms with Crippen LogP contribution < -0.4 is 25.6 Å². The summed E-state index contributed by atoms with van der Waals surface area (Å²) in [4.78, 5) is 2.49. The maximum Gasteiger partial charge on any atom is 0.179 e. The monoisotopic (exact) mass is 911 g/mol. The van der Waals surface area contributed by atoms with Crippen LogP contribution in [-0.4, -0.2) is 8.07 Å². The van der Waals surface area contributed by atoms with E-state index in [0.717, 1.165) is 11.4 Å². The average Bonchev–Trinajstić information content (AvgIpc) is 3.69. The molecule has 0 unspecified atom stereocenters. The maximum absolute atomic E-state index is 2.62. The second kappa shape index (κ2) is 21.1. The SMILES string of the molecule is CCCCCCC1(CCCCCC)c2ccccc2-c2ccc(N(c3ccc(-c4ccccc4)cc3)c3ccc(-c4ccc([Si](c5ccccc5)(c5ccccc5)c5ccccc5)cc4)cc3)cc21. The van der Waals surface area contributed by atoms with Crippen molar-refractivity contribution >= 4 is 45.9 Å². The van der Waals surface area contributed by atoms with Gasteiger partial charge in [-0.3, -0.25) is 0 Å². The van der Waals surface area contributed by atoms with Gasteiger partial charge in [-0.15, -0.1) is 0 Å². The summed E-state index contributed by atoms with van der Waals surface area (Å²) in [6.07, 6.45) is 12.6. The van der Waals surface area contributed by atoms with Gasteiger partial charge >= 0.3 is 0 Å². The Morgan fingerprint density at radius 2 is 0.696 bits per heavy atom. The molecule has 0 radical (unpaired) electrons. The van der Waals surface area contributed by atoms with Crippen molar-refractivity contribution in [2.24, 2.45) is 0 Å². The number of unbranched alkanes of at least 4 members (excludes halogenated alkanes) is 6. The van der Waals surface area contributed by atoms with E-state index in [4.69, 9.17) is 0 Å². The van der Waals surface area contributed by atoms with Crippen LogP contribution in [0.4, 0.5) is 17.1 Å². The van der Waals surface area contributed by atoms with E-state index in [1.807, 2.05) is 0 Å². The van der Waals surface area contributed by atoms with Crippen LogP contribution in [0.1, 0.15) is 89.2 Å². The summed E-state index contributed by atoms with van der Waals surface area (Å²) in [6, 6.07) is 89.0. The molecule has 0 spiro atoms. The fourth-order valence-electron chi connectivity index (χ4n) is 11.6. The van der Waals surface area contributed by atoms with Gasteiger partial charge in [0.25, 0.3) is 0 Å². The van der Waals surface area contributed by atoms with Gasteiger partial charge in [-0.25, -0.2) is 0 Å². The molecule has 1 nitrogen and oxygen atoms in total. The summed E-state index contributed by atoms with van der Waals surface area (Å²) in [5, 5.41) is 5.54. The summed E-state index contributed by atoms with van der Waals surface area (Å²) in [7, 11) is -2.62. The molecule has 0 fully saturated rings. The third-order valence-corrected chi connectivity index (χ3v) is 19.9. The highest BCUT2D eigenvalue weighted by Gasteiger charge is 2.43. The van der Waals surface area contributed by atoms with Crippen molar-refractivity contribution in [3.63, 3.8) is 0 Å². The van der Waals surface area contributed by atoms with Gasteiger partial charge in [-0.1, -0.05) is 265 Å². The van der Waals surface area contributed by atoms with Crippen molar-refractivity contribution < 1.29 is 0 Å². The van der Waals surface area contributed by atoms with E-state index in [1.165, 1.54) is 135 Å². The molecule has 2 heteroatoms. The highest BCUT2D eigenvalue weighted by atomic mass is 28.3. The normalized spacial score (nSPS) is 12.6. The van der Waals surface area contributed by atoms with Crippen LogP contribution in [0.3, 0.4) is 0 Å². The van der Waals surface area contributed by atoms with Crippen molar-refractivity contribution in [3.8, 4) is 33.4 Å². The molecular weight excluding hydrogens is 847 g/mol. The Morgan fingerprint density at radius 3 is 1.17 bits per heavy atom. The largest absolute Gasteiger partial charge is 0.310 e. The first-order valence-corrected chi connectivity index (χ1v) is 27.7. The highest BCUT2D eigenvalue weighted by molar-refractivity contribution is 7.19. The zero-order valence-electron chi connectivity index (χ0n) is 40.5. The van der Waals surface area contributed by atoms with E-state index in [2.05, 4.69) is 255 Å². The second-order valence-corrected chi connectivity index (χ2v) is 23.0. The van der Waals surface area contributed by atoms with E-state index in [9.17, 15) is 0 Å². The maximum atomic E-state index is 2.58. The second-order valence-electron chi connectivity index (χ2n) is 19.2. The number of fused-ring (bicyclic) bond motifs is 3. The number of nitrogens with zero attached hydrogens (tertiary/aromatic N) is 1. The molecule has 0 heterocycles. The van der Waals surface area contributed by atoms with Crippen molar-refractivity contribution in [1.82, 2.24) is 0 Å². The van der Waals surface area contributed by atoms with Crippen LogP contribution in [0.15, 0.2) is 237 Å². The van der Waals surface area contributed by atoms with Gasteiger partial charge in [0.05, 0.1) is 0 Å². The summed E-state index contributed by atoms with van der Waals surface area (Å²) < 4.78 is 0. The Balaban J connectivity index is 1.05. The minimum atomic E-state index is -2.62. The molecule has 0 atom stereocenters. The molecule has 0 amide bonds. The minimum Gasteiger partial charge on any atom is -0.310 e. The molecule has 0 aliphatic heterocycles. The average molecular weight is 912 g/mol. The Kier molecular flexibility index (Phi) is 14.0. The molecule has 9 aromatic rings. The lowest BCUT2D eigenvalue weighted by Gasteiger charge is -2.34. The summed E-state index contributed by atoms with van der Waals surface area (Å²) in [6.45, 7) is 4.65. The fraction of sp³-hybridized carbons (Fsp3) is 0.194. The molecule has 342 valence electrons. The predicted octanol–water partition coefficient (Wildman–Crippen LogP) is 16.1. The number of anilines is 3. The van der Waals surface area contributed by atoms with Gasteiger partial charge < -0.3 is 4.90 Å². The third-order valence-electron chi connectivity index (χ3n) is 15.1. The number of hydrogen-bond donors (Lipinski definition) is 0. The molecule has 10 rings (SSSR count). The lowest BCUT2D eigenvalue weighted by molar-refractivity contribution is 0.401. The van der Waals surface area contributed by atoms with Gasteiger partial charge in [0.2, 0.25) is 0 Å². The van der Waals surface area contributed by atoms with Crippen LogP contribution in [-0.2, 0) is 5.41 Å². The van der Waals surface area contributed by atoms with Gasteiger partial charge in [0.15, 0.2) is 8.07 Å². The number of hydrogen-bond acceptors (Lipinski definition) is 1. The molecule has 69 heavy (non-hydrogen) atoms. The Hall–Kier alpha value is -7.00. The molecule has 1 aliphatic rings. The van der Waals surface area contributed by atoms with E-state index in [-0.39, 0.29) is 5.41 Å². The van der Waals surface area contributed by atoms with Crippen molar-refractivity contribution in [2.75, 3.05) is 4.90 Å². The first-order chi connectivity index (χ1) is 34.1. The van der Waals surface area contributed by atoms with Crippen LogP contribution in [0, 0.1) is 0 Å². The first-order valence-electron chi connectivity index (χ1n) is 25.7. The van der Waals surface area contributed by atoms with Crippen molar-refractivity contribution in [1.29, 1.82) is 0 Å². The number of rotatable bonds is 19. The minimum absolute atomic E-state index is 0.00422. The van der Waals surface area contributed by atoms with E-state index in [0.29, 0.717) is 0 Å². The van der Waals surface area contributed by atoms with Gasteiger partial charge in [-0.2, -0.15) is 0 Å². The molecule has 0 bridgehead atoms. The topological polar surface area (TPSA) is 3.24 Å².